The lowest BCUT2D eigenvalue weighted by Gasteiger charge is -2.13. The van der Waals surface area contributed by atoms with Crippen LogP contribution in [-0.4, -0.2) is 16.0 Å². The minimum atomic E-state index is -0.575. The fraction of sp³-hybridized carbons (Fsp3) is 0.400. The highest BCUT2D eigenvalue weighted by atomic mass is 35.5. The fourth-order valence-corrected chi connectivity index (χ4v) is 2.04. The summed E-state index contributed by atoms with van der Waals surface area (Å²) in [4.78, 5) is 15.7. The van der Waals surface area contributed by atoms with Crippen LogP contribution in [0.1, 0.15) is 55.8 Å². The van der Waals surface area contributed by atoms with Gasteiger partial charge in [0.25, 0.3) is 0 Å². The molecule has 1 atom stereocenters. The van der Waals surface area contributed by atoms with E-state index >= 15 is 0 Å². The molecule has 0 fully saturated rings. The van der Waals surface area contributed by atoms with Crippen molar-refractivity contribution in [2.45, 2.75) is 39.2 Å². The van der Waals surface area contributed by atoms with Crippen LogP contribution in [0.3, 0.4) is 0 Å². The number of benzene rings is 1. The molecule has 0 saturated carbocycles. The quantitative estimate of drug-likeness (QED) is 0.900. The maximum Gasteiger partial charge on any atom is 0.250 e. The van der Waals surface area contributed by atoms with Gasteiger partial charge in [0.05, 0.1) is 10.6 Å². The highest BCUT2D eigenvalue weighted by Gasteiger charge is 2.23. The third kappa shape index (κ3) is 3.57. The number of carbonyl (C=O) groups excluding carboxylic acids is 1. The lowest BCUT2D eigenvalue weighted by atomic mass is 9.96. The maximum absolute atomic E-state index is 11.3. The molecule has 0 unspecified atom stereocenters. The van der Waals surface area contributed by atoms with Crippen LogP contribution in [0.4, 0.5) is 5.69 Å². The predicted molar refractivity (Wildman–Crippen MR) is 85.0 cm³/mol. The molecule has 7 heteroatoms. The van der Waals surface area contributed by atoms with E-state index < -0.39 is 5.91 Å². The van der Waals surface area contributed by atoms with Crippen molar-refractivity contribution < 1.29 is 9.32 Å². The minimum absolute atomic E-state index is 0.180. The van der Waals surface area contributed by atoms with Gasteiger partial charge in [-0.3, -0.25) is 4.79 Å². The zero-order chi connectivity index (χ0) is 16.5. The molecule has 6 nitrogen and oxygen atoms in total. The number of anilines is 1. The molecule has 0 aliphatic rings. The number of nitrogens with two attached hydrogens (primary N) is 1. The van der Waals surface area contributed by atoms with Crippen molar-refractivity contribution in [2.24, 2.45) is 5.73 Å². The first-order valence-electron chi connectivity index (χ1n) is 6.88. The Morgan fingerprint density at radius 2 is 2.09 bits per heavy atom. The fourth-order valence-electron chi connectivity index (χ4n) is 1.83. The summed E-state index contributed by atoms with van der Waals surface area (Å²) in [6.07, 6.45) is 0. The minimum Gasteiger partial charge on any atom is -0.374 e. The standard InChI is InChI=1S/C15H19ClN4O2/c1-8(13-19-14(20-22-13)15(2,3)4)18-9-5-6-11(16)10(7-9)12(17)21/h5-8,18H,1-4H3,(H2,17,21)/t8-/m0/s1. The zero-order valence-corrected chi connectivity index (χ0v) is 13.7. The van der Waals surface area contributed by atoms with Gasteiger partial charge in [-0.05, 0) is 25.1 Å². The van der Waals surface area contributed by atoms with E-state index in [0.717, 1.165) is 0 Å². The maximum atomic E-state index is 11.3. The van der Waals surface area contributed by atoms with Gasteiger partial charge in [0.1, 0.15) is 6.04 Å². The second kappa shape index (κ2) is 5.96. The van der Waals surface area contributed by atoms with Crippen LogP contribution in [0.15, 0.2) is 22.7 Å². The summed E-state index contributed by atoms with van der Waals surface area (Å²) in [6.45, 7) is 7.92. The van der Waals surface area contributed by atoms with Crippen LogP contribution < -0.4 is 11.1 Å². The van der Waals surface area contributed by atoms with Crippen molar-refractivity contribution in [3.63, 3.8) is 0 Å². The Balaban J connectivity index is 2.18. The average molecular weight is 323 g/mol. The molecule has 0 radical (unpaired) electrons. The van der Waals surface area contributed by atoms with E-state index in [-0.39, 0.29) is 17.0 Å². The molecule has 2 aromatic rings. The molecular weight excluding hydrogens is 304 g/mol. The van der Waals surface area contributed by atoms with Gasteiger partial charge in [-0.15, -0.1) is 0 Å². The number of nitrogens with zero attached hydrogens (tertiary/aromatic N) is 2. The van der Waals surface area contributed by atoms with E-state index in [1.165, 1.54) is 0 Å². The van der Waals surface area contributed by atoms with Crippen molar-refractivity contribution in [3.8, 4) is 0 Å². The first kappa shape index (κ1) is 16.3. The molecule has 1 aromatic heterocycles. The number of rotatable bonds is 4. The Morgan fingerprint density at radius 1 is 1.41 bits per heavy atom. The third-order valence-electron chi connectivity index (χ3n) is 3.10. The summed E-state index contributed by atoms with van der Waals surface area (Å²) < 4.78 is 5.29. The van der Waals surface area contributed by atoms with E-state index in [0.29, 0.717) is 22.4 Å². The first-order chi connectivity index (χ1) is 10.2. The third-order valence-corrected chi connectivity index (χ3v) is 3.43. The Kier molecular flexibility index (Phi) is 4.42. The molecule has 1 heterocycles. The first-order valence-corrected chi connectivity index (χ1v) is 7.26. The normalized spacial score (nSPS) is 13.0. The Morgan fingerprint density at radius 3 is 2.64 bits per heavy atom. The molecule has 0 aliphatic carbocycles. The van der Waals surface area contributed by atoms with Crippen molar-refractivity contribution in [3.05, 3.63) is 40.5 Å². The molecule has 0 aliphatic heterocycles. The molecule has 22 heavy (non-hydrogen) atoms. The van der Waals surface area contributed by atoms with Crippen LogP contribution in [0.5, 0.6) is 0 Å². The van der Waals surface area contributed by atoms with Crippen LogP contribution in [0, 0.1) is 0 Å². The van der Waals surface area contributed by atoms with Crippen LogP contribution in [0.25, 0.3) is 0 Å². The van der Waals surface area contributed by atoms with Gasteiger partial charge < -0.3 is 15.6 Å². The number of carbonyl (C=O) groups is 1. The van der Waals surface area contributed by atoms with Crippen molar-refractivity contribution in [1.82, 2.24) is 10.1 Å². The Labute approximate surface area is 134 Å². The average Bonchev–Trinajstić information content (AvgIpc) is 2.90. The second-order valence-corrected chi connectivity index (χ2v) is 6.54. The highest BCUT2D eigenvalue weighted by Crippen LogP contribution is 2.25. The van der Waals surface area contributed by atoms with Gasteiger partial charge in [-0.2, -0.15) is 4.98 Å². The lowest BCUT2D eigenvalue weighted by molar-refractivity contribution is 0.100. The number of nitrogens with one attached hydrogen (secondary N) is 1. The number of primary amides is 1. The topological polar surface area (TPSA) is 94.0 Å². The molecule has 118 valence electrons. The summed E-state index contributed by atoms with van der Waals surface area (Å²) in [5.74, 6) is 0.541. The summed E-state index contributed by atoms with van der Waals surface area (Å²) in [6, 6.07) is 4.75. The largest absolute Gasteiger partial charge is 0.374 e. The summed E-state index contributed by atoms with van der Waals surface area (Å²) in [5, 5.41) is 7.49. The Bertz CT molecular complexity index is 691. The lowest BCUT2D eigenvalue weighted by Crippen LogP contribution is -2.14. The van der Waals surface area contributed by atoms with Crippen molar-refractivity contribution >= 4 is 23.2 Å². The summed E-state index contributed by atoms with van der Waals surface area (Å²) in [7, 11) is 0. The molecule has 1 aromatic carbocycles. The van der Waals surface area contributed by atoms with E-state index in [1.54, 1.807) is 18.2 Å². The van der Waals surface area contributed by atoms with Gasteiger partial charge in [0.2, 0.25) is 11.8 Å². The number of aromatic nitrogens is 2. The number of amides is 1. The molecular formula is C15H19ClN4O2. The van der Waals surface area contributed by atoms with Gasteiger partial charge in [-0.1, -0.05) is 37.5 Å². The summed E-state index contributed by atoms with van der Waals surface area (Å²) in [5.41, 5.74) is 6.06. The predicted octanol–water partition coefficient (Wildman–Crippen LogP) is 3.29. The van der Waals surface area contributed by atoms with E-state index in [1.807, 2.05) is 27.7 Å². The molecule has 0 spiro atoms. The van der Waals surface area contributed by atoms with Gasteiger partial charge in [-0.25, -0.2) is 0 Å². The van der Waals surface area contributed by atoms with Gasteiger partial charge >= 0.3 is 0 Å². The van der Waals surface area contributed by atoms with Gasteiger partial charge in [0, 0.05) is 11.1 Å². The van der Waals surface area contributed by atoms with Crippen LogP contribution in [0.2, 0.25) is 5.02 Å². The molecule has 0 bridgehead atoms. The summed E-state index contributed by atoms with van der Waals surface area (Å²) >= 11 is 5.93. The van der Waals surface area contributed by atoms with E-state index in [9.17, 15) is 4.79 Å². The molecule has 0 saturated heterocycles. The zero-order valence-electron chi connectivity index (χ0n) is 13.0. The number of hydrogen-bond acceptors (Lipinski definition) is 5. The second-order valence-electron chi connectivity index (χ2n) is 6.13. The SMILES string of the molecule is C[C@H](Nc1ccc(Cl)c(C(N)=O)c1)c1nc(C(C)(C)C)no1. The molecule has 2 rings (SSSR count). The number of hydrogen-bond donors (Lipinski definition) is 2. The Hall–Kier alpha value is -2.08. The smallest absolute Gasteiger partial charge is 0.250 e. The molecule has 3 N–H and O–H groups in total. The van der Waals surface area contributed by atoms with E-state index in [4.69, 9.17) is 21.9 Å². The van der Waals surface area contributed by atoms with Crippen LogP contribution in [-0.2, 0) is 5.41 Å². The van der Waals surface area contributed by atoms with Gasteiger partial charge in [0.15, 0.2) is 5.82 Å². The van der Waals surface area contributed by atoms with E-state index in [2.05, 4.69) is 15.5 Å². The highest BCUT2D eigenvalue weighted by molar-refractivity contribution is 6.33. The van der Waals surface area contributed by atoms with Crippen molar-refractivity contribution in [1.29, 1.82) is 0 Å². The van der Waals surface area contributed by atoms with Crippen molar-refractivity contribution in [2.75, 3.05) is 5.32 Å². The van der Waals surface area contributed by atoms with Crippen LogP contribution >= 0.6 is 11.6 Å². The molecule has 1 amide bonds. The number of halogens is 1. The monoisotopic (exact) mass is 322 g/mol.